The zero-order chi connectivity index (χ0) is 19.2. The predicted molar refractivity (Wildman–Crippen MR) is 112 cm³/mol. The second kappa shape index (κ2) is 9.18. The van der Waals surface area contributed by atoms with Crippen molar-refractivity contribution in [3.05, 3.63) is 64.2 Å². The molecule has 0 atom stereocenters. The third kappa shape index (κ3) is 4.98. The summed E-state index contributed by atoms with van der Waals surface area (Å²) in [6.07, 6.45) is 10.0. The van der Waals surface area contributed by atoms with Crippen LogP contribution < -0.4 is 10.2 Å². The molecule has 3 rings (SSSR count). The molecule has 1 N–H and O–H groups in total. The van der Waals surface area contributed by atoms with Crippen molar-refractivity contribution in [1.82, 2.24) is 10.4 Å². The van der Waals surface area contributed by atoms with Crippen LogP contribution in [0.5, 0.6) is 5.75 Å². The lowest BCUT2D eigenvalue weighted by molar-refractivity contribution is -0.124. The van der Waals surface area contributed by atoms with E-state index in [0.717, 1.165) is 34.9 Å². The SMILES string of the molecule is C/C=C\C(=C/CC)C1=CSCN1NC(=O)Cc1cc(C2CC2)ccc1OC. The first-order chi connectivity index (χ1) is 13.2. The fourth-order valence-corrected chi connectivity index (χ4v) is 4.12. The predicted octanol–water partition coefficient (Wildman–Crippen LogP) is 4.91. The Morgan fingerprint density at radius 1 is 1.41 bits per heavy atom. The molecule has 1 aliphatic heterocycles. The van der Waals surface area contributed by atoms with E-state index < -0.39 is 0 Å². The van der Waals surface area contributed by atoms with Crippen LogP contribution >= 0.6 is 11.8 Å². The van der Waals surface area contributed by atoms with Gasteiger partial charge in [-0.2, -0.15) is 0 Å². The summed E-state index contributed by atoms with van der Waals surface area (Å²) in [6.45, 7) is 4.13. The van der Waals surface area contributed by atoms with Gasteiger partial charge in [-0.15, -0.1) is 11.8 Å². The van der Waals surface area contributed by atoms with Gasteiger partial charge in [0.05, 0.1) is 25.1 Å². The van der Waals surface area contributed by atoms with E-state index in [1.165, 1.54) is 18.4 Å². The van der Waals surface area contributed by atoms with E-state index in [-0.39, 0.29) is 5.91 Å². The zero-order valence-electron chi connectivity index (χ0n) is 16.3. The number of carbonyl (C=O) groups excluding carboxylic acids is 1. The quantitative estimate of drug-likeness (QED) is 0.647. The Hall–Kier alpha value is -2.14. The van der Waals surface area contributed by atoms with Gasteiger partial charge < -0.3 is 4.74 Å². The average molecular weight is 385 g/mol. The Morgan fingerprint density at radius 3 is 2.89 bits per heavy atom. The van der Waals surface area contributed by atoms with Crippen LogP contribution in [0, 0.1) is 0 Å². The third-order valence-corrected chi connectivity index (χ3v) is 5.52. The molecule has 1 aliphatic carbocycles. The Kier molecular flexibility index (Phi) is 6.67. The van der Waals surface area contributed by atoms with E-state index >= 15 is 0 Å². The summed E-state index contributed by atoms with van der Waals surface area (Å²) in [7, 11) is 1.66. The highest BCUT2D eigenvalue weighted by atomic mass is 32.2. The number of thioether (sulfide) groups is 1. The van der Waals surface area contributed by atoms with Gasteiger partial charge in [0, 0.05) is 5.56 Å². The summed E-state index contributed by atoms with van der Waals surface area (Å²) in [5, 5.41) is 4.04. The van der Waals surface area contributed by atoms with Crippen molar-refractivity contribution in [2.75, 3.05) is 13.0 Å². The first kappa shape index (κ1) is 19.6. The van der Waals surface area contributed by atoms with Gasteiger partial charge >= 0.3 is 0 Å². The highest BCUT2D eigenvalue weighted by Crippen LogP contribution is 2.41. The fourth-order valence-electron chi connectivity index (χ4n) is 3.27. The number of benzene rings is 1. The van der Waals surface area contributed by atoms with Gasteiger partial charge in [0.1, 0.15) is 5.75 Å². The van der Waals surface area contributed by atoms with Gasteiger partial charge in [0.25, 0.3) is 0 Å². The van der Waals surface area contributed by atoms with Crippen molar-refractivity contribution in [3.8, 4) is 5.75 Å². The number of ether oxygens (including phenoxy) is 1. The molecule has 27 heavy (non-hydrogen) atoms. The highest BCUT2D eigenvalue weighted by molar-refractivity contribution is 8.02. The monoisotopic (exact) mass is 384 g/mol. The average Bonchev–Trinajstić information content (AvgIpc) is 3.41. The van der Waals surface area contributed by atoms with Crippen LogP contribution in [0.3, 0.4) is 0 Å². The Labute approximate surface area is 166 Å². The summed E-state index contributed by atoms with van der Waals surface area (Å²) < 4.78 is 5.47. The van der Waals surface area contributed by atoms with Crippen molar-refractivity contribution in [2.24, 2.45) is 0 Å². The molecule has 0 spiro atoms. The van der Waals surface area contributed by atoms with Crippen LogP contribution in [0.2, 0.25) is 0 Å². The molecule has 2 aliphatic rings. The molecule has 4 nitrogen and oxygen atoms in total. The lowest BCUT2D eigenvalue weighted by atomic mass is 10.0. The smallest absolute Gasteiger partial charge is 0.243 e. The van der Waals surface area contributed by atoms with E-state index in [1.54, 1.807) is 18.9 Å². The molecule has 1 amide bonds. The Bertz CT molecular complexity index is 779. The molecule has 1 heterocycles. The molecule has 0 saturated heterocycles. The molecule has 1 fully saturated rings. The van der Waals surface area contributed by atoms with Crippen LogP contribution in [0.1, 0.15) is 50.2 Å². The normalized spacial score (nSPS) is 17.4. The van der Waals surface area contributed by atoms with Gasteiger partial charge in [-0.1, -0.05) is 37.3 Å². The van der Waals surface area contributed by atoms with Crippen molar-refractivity contribution in [3.63, 3.8) is 0 Å². The van der Waals surface area contributed by atoms with Crippen molar-refractivity contribution < 1.29 is 9.53 Å². The lowest BCUT2D eigenvalue weighted by Gasteiger charge is -2.23. The largest absolute Gasteiger partial charge is 0.496 e. The van der Waals surface area contributed by atoms with Crippen molar-refractivity contribution >= 4 is 17.7 Å². The number of nitrogens with zero attached hydrogens (tertiary/aromatic N) is 1. The number of hydrazine groups is 1. The van der Waals surface area contributed by atoms with E-state index in [4.69, 9.17) is 4.74 Å². The van der Waals surface area contributed by atoms with Gasteiger partial charge in [0.2, 0.25) is 5.91 Å². The maximum Gasteiger partial charge on any atom is 0.243 e. The maximum atomic E-state index is 12.7. The van der Waals surface area contributed by atoms with Crippen LogP contribution in [-0.4, -0.2) is 23.9 Å². The standard InChI is InChI=1S/C22H28N2O2S/c1-4-6-17(7-5-2)20-14-27-15-24(20)23-22(25)13-19-12-18(16-8-9-16)10-11-21(19)26-3/h4,6-7,10-12,14,16H,5,8-9,13,15H2,1-3H3,(H,23,25)/b6-4-,17-7+. The minimum absolute atomic E-state index is 0.0222. The summed E-state index contributed by atoms with van der Waals surface area (Å²) in [6, 6.07) is 6.24. The topological polar surface area (TPSA) is 41.6 Å². The summed E-state index contributed by atoms with van der Waals surface area (Å²) in [5.41, 5.74) is 7.52. The Morgan fingerprint density at radius 2 is 2.22 bits per heavy atom. The molecule has 0 unspecified atom stereocenters. The third-order valence-electron chi connectivity index (χ3n) is 4.72. The minimum Gasteiger partial charge on any atom is -0.496 e. The molecular formula is C22H28N2O2S. The number of hydrogen-bond acceptors (Lipinski definition) is 4. The minimum atomic E-state index is -0.0222. The number of amides is 1. The number of allylic oxidation sites excluding steroid dienone is 3. The van der Waals surface area contributed by atoms with Crippen LogP contribution in [0.15, 0.2) is 53.1 Å². The molecule has 0 bridgehead atoms. The summed E-state index contributed by atoms with van der Waals surface area (Å²) in [5.74, 6) is 2.14. The second-order valence-electron chi connectivity index (χ2n) is 6.85. The first-order valence-electron chi connectivity index (χ1n) is 9.55. The van der Waals surface area contributed by atoms with E-state index in [9.17, 15) is 4.79 Å². The molecule has 0 radical (unpaired) electrons. The van der Waals surface area contributed by atoms with E-state index in [0.29, 0.717) is 12.3 Å². The second-order valence-corrected chi connectivity index (χ2v) is 7.68. The summed E-state index contributed by atoms with van der Waals surface area (Å²) >= 11 is 1.69. The van der Waals surface area contributed by atoms with E-state index in [1.807, 2.05) is 24.1 Å². The molecular weight excluding hydrogens is 356 g/mol. The molecule has 5 heteroatoms. The highest BCUT2D eigenvalue weighted by Gasteiger charge is 2.25. The molecule has 0 aromatic heterocycles. The van der Waals surface area contributed by atoms with Crippen molar-refractivity contribution in [2.45, 2.75) is 45.4 Å². The zero-order valence-corrected chi connectivity index (χ0v) is 17.1. The lowest BCUT2D eigenvalue weighted by Crippen LogP contribution is -2.40. The number of rotatable bonds is 8. The van der Waals surface area contributed by atoms with Crippen LogP contribution in [0.4, 0.5) is 0 Å². The van der Waals surface area contributed by atoms with Crippen LogP contribution in [0.25, 0.3) is 0 Å². The van der Waals surface area contributed by atoms with Crippen LogP contribution in [-0.2, 0) is 11.2 Å². The molecule has 1 saturated carbocycles. The first-order valence-corrected chi connectivity index (χ1v) is 10.6. The Balaban J connectivity index is 1.69. The summed E-state index contributed by atoms with van der Waals surface area (Å²) in [4.78, 5) is 12.7. The van der Waals surface area contributed by atoms with Gasteiger partial charge in [-0.25, -0.2) is 0 Å². The van der Waals surface area contributed by atoms with Gasteiger partial charge in [-0.3, -0.25) is 15.2 Å². The fraction of sp³-hybridized carbons (Fsp3) is 0.409. The number of hydrogen-bond donors (Lipinski definition) is 1. The number of nitrogens with one attached hydrogen (secondary N) is 1. The number of carbonyl (C=O) groups is 1. The molecule has 1 aromatic carbocycles. The molecule has 1 aromatic rings. The van der Waals surface area contributed by atoms with Crippen molar-refractivity contribution in [1.29, 1.82) is 0 Å². The van der Waals surface area contributed by atoms with Gasteiger partial charge in [-0.05, 0) is 54.7 Å². The van der Waals surface area contributed by atoms with Gasteiger partial charge in [0.15, 0.2) is 0 Å². The number of methoxy groups -OCH3 is 1. The molecule has 144 valence electrons. The van der Waals surface area contributed by atoms with E-state index in [2.05, 4.69) is 42.0 Å². The maximum absolute atomic E-state index is 12.7.